The second-order valence-corrected chi connectivity index (χ2v) is 9.31. The summed E-state index contributed by atoms with van der Waals surface area (Å²) in [6, 6.07) is 5.95. The zero-order chi connectivity index (χ0) is 19.3. The Bertz CT molecular complexity index is 701. The van der Waals surface area contributed by atoms with Crippen molar-refractivity contribution in [3.63, 3.8) is 0 Å². The first kappa shape index (κ1) is 20.9. The van der Waals surface area contributed by atoms with Crippen molar-refractivity contribution >= 4 is 15.9 Å². The molecule has 2 rings (SSSR count). The van der Waals surface area contributed by atoms with E-state index < -0.39 is 16.1 Å². The Morgan fingerprint density at radius 1 is 1.12 bits per heavy atom. The predicted octanol–water partition coefficient (Wildman–Crippen LogP) is 1.85. The van der Waals surface area contributed by atoms with Crippen molar-refractivity contribution in [3.8, 4) is 0 Å². The molecule has 0 spiro atoms. The molecular formula is C19H31N3O3S. The number of nitrogens with zero attached hydrogens (tertiary/aromatic N) is 2. The van der Waals surface area contributed by atoms with Crippen LogP contribution >= 0.6 is 0 Å². The first-order chi connectivity index (χ1) is 12.2. The molecule has 1 saturated heterocycles. The van der Waals surface area contributed by atoms with E-state index in [1.54, 1.807) is 29.2 Å². The van der Waals surface area contributed by atoms with Gasteiger partial charge in [-0.25, -0.2) is 8.42 Å². The van der Waals surface area contributed by atoms with Gasteiger partial charge in [0.05, 0.1) is 4.90 Å². The molecule has 0 bridgehead atoms. The molecule has 1 fully saturated rings. The van der Waals surface area contributed by atoms with Gasteiger partial charge in [-0.1, -0.05) is 31.5 Å². The summed E-state index contributed by atoms with van der Waals surface area (Å²) in [5.41, 5.74) is 0.993. The van der Waals surface area contributed by atoms with Crippen LogP contribution in [0.4, 0.5) is 0 Å². The zero-order valence-electron chi connectivity index (χ0n) is 16.2. The quantitative estimate of drug-likeness (QED) is 0.816. The molecular weight excluding hydrogens is 350 g/mol. The molecule has 1 aromatic rings. The van der Waals surface area contributed by atoms with Crippen LogP contribution in [0, 0.1) is 12.8 Å². The topological polar surface area (TPSA) is 69.7 Å². The molecule has 0 radical (unpaired) electrons. The summed E-state index contributed by atoms with van der Waals surface area (Å²) in [6.07, 6.45) is 1.39. The molecule has 1 unspecified atom stereocenters. The molecule has 0 saturated carbocycles. The van der Waals surface area contributed by atoms with Gasteiger partial charge in [-0.05, 0) is 51.4 Å². The number of rotatable bonds is 6. The summed E-state index contributed by atoms with van der Waals surface area (Å²) in [5.74, 6) is 0.0870. The average molecular weight is 382 g/mol. The van der Waals surface area contributed by atoms with E-state index in [4.69, 9.17) is 0 Å². The maximum absolute atomic E-state index is 13.0. The van der Waals surface area contributed by atoms with Crippen molar-refractivity contribution < 1.29 is 13.2 Å². The average Bonchev–Trinajstić information content (AvgIpc) is 2.78. The minimum atomic E-state index is -3.73. The zero-order valence-corrected chi connectivity index (χ0v) is 17.1. The van der Waals surface area contributed by atoms with Crippen molar-refractivity contribution in [3.05, 3.63) is 29.8 Å². The summed E-state index contributed by atoms with van der Waals surface area (Å²) in [5, 5.41) is 0. The fourth-order valence-corrected chi connectivity index (χ4v) is 4.33. The van der Waals surface area contributed by atoms with Gasteiger partial charge in [-0.2, -0.15) is 4.72 Å². The minimum absolute atomic E-state index is 0.121. The van der Waals surface area contributed by atoms with E-state index in [1.807, 2.05) is 27.8 Å². The van der Waals surface area contributed by atoms with Gasteiger partial charge >= 0.3 is 0 Å². The Balaban J connectivity index is 2.18. The summed E-state index contributed by atoms with van der Waals surface area (Å²) in [6.45, 7) is 8.97. The largest absolute Gasteiger partial charge is 0.340 e. The van der Waals surface area contributed by atoms with Crippen LogP contribution in [0.5, 0.6) is 0 Å². The Morgan fingerprint density at radius 3 is 2.38 bits per heavy atom. The van der Waals surface area contributed by atoms with Gasteiger partial charge < -0.3 is 9.80 Å². The molecule has 146 valence electrons. The van der Waals surface area contributed by atoms with Gasteiger partial charge in [-0.15, -0.1) is 0 Å². The summed E-state index contributed by atoms with van der Waals surface area (Å²) < 4.78 is 28.2. The second-order valence-electron chi connectivity index (χ2n) is 7.60. The van der Waals surface area contributed by atoms with Crippen LogP contribution in [0.1, 0.15) is 32.3 Å². The predicted molar refractivity (Wildman–Crippen MR) is 103 cm³/mol. The third kappa shape index (κ3) is 5.79. The van der Waals surface area contributed by atoms with E-state index in [-0.39, 0.29) is 16.7 Å². The molecule has 26 heavy (non-hydrogen) atoms. The number of aryl methyl sites for hydroxylation is 1. The van der Waals surface area contributed by atoms with Crippen molar-refractivity contribution in [2.45, 2.75) is 44.6 Å². The number of carbonyl (C=O) groups excluding carboxylic acids is 1. The number of nitrogens with one attached hydrogen (secondary N) is 1. The highest BCUT2D eigenvalue weighted by Gasteiger charge is 2.30. The van der Waals surface area contributed by atoms with Crippen molar-refractivity contribution in [2.24, 2.45) is 5.92 Å². The molecule has 6 nitrogen and oxygen atoms in total. The van der Waals surface area contributed by atoms with E-state index >= 15 is 0 Å². The smallest absolute Gasteiger partial charge is 0.241 e. The molecule has 1 aliphatic heterocycles. The van der Waals surface area contributed by atoms with Crippen LogP contribution in [0.15, 0.2) is 29.2 Å². The van der Waals surface area contributed by atoms with E-state index in [2.05, 4.69) is 9.62 Å². The van der Waals surface area contributed by atoms with Gasteiger partial charge in [0.15, 0.2) is 0 Å². The van der Waals surface area contributed by atoms with Crippen molar-refractivity contribution in [2.75, 3.05) is 33.2 Å². The number of amides is 1. The number of likely N-dealkylation sites (N-methyl/N-ethyl adjacent to an activating group) is 1. The Kier molecular flexibility index (Phi) is 7.20. The number of sulfonamides is 1. The Hall–Kier alpha value is -1.44. The molecule has 1 amide bonds. The van der Waals surface area contributed by atoms with Crippen molar-refractivity contribution in [1.29, 1.82) is 0 Å². The minimum Gasteiger partial charge on any atom is -0.340 e. The highest BCUT2D eigenvalue weighted by molar-refractivity contribution is 7.89. The number of benzene rings is 1. The molecule has 1 atom stereocenters. The lowest BCUT2D eigenvalue weighted by atomic mass is 10.0. The normalized spacial score (nSPS) is 18.0. The monoisotopic (exact) mass is 381 g/mol. The highest BCUT2D eigenvalue weighted by Crippen LogP contribution is 2.15. The van der Waals surface area contributed by atoms with Gasteiger partial charge in [-0.3, -0.25) is 4.79 Å². The molecule has 7 heteroatoms. The summed E-state index contributed by atoms with van der Waals surface area (Å²) >= 11 is 0. The lowest BCUT2D eigenvalue weighted by molar-refractivity contribution is -0.133. The van der Waals surface area contributed by atoms with Crippen molar-refractivity contribution in [1.82, 2.24) is 14.5 Å². The Morgan fingerprint density at radius 2 is 1.77 bits per heavy atom. The first-order valence-electron chi connectivity index (χ1n) is 9.25. The molecule has 0 aliphatic carbocycles. The highest BCUT2D eigenvalue weighted by atomic mass is 32.2. The lowest BCUT2D eigenvalue weighted by Gasteiger charge is -2.27. The number of hydrogen-bond acceptors (Lipinski definition) is 4. The second kappa shape index (κ2) is 8.97. The molecule has 0 aromatic heterocycles. The van der Waals surface area contributed by atoms with Crippen LogP contribution in [0.2, 0.25) is 0 Å². The number of carbonyl (C=O) groups is 1. The molecule has 1 aliphatic rings. The van der Waals surface area contributed by atoms with Gasteiger partial charge in [0, 0.05) is 19.6 Å². The summed E-state index contributed by atoms with van der Waals surface area (Å²) in [4.78, 5) is 17.2. The standard InChI is InChI=1S/C19H31N3O3S/c1-15(2)14-18(19(23)22-11-5-10-21(4)12-13-22)20-26(24,25)17-8-6-16(3)7-9-17/h6-9,15,18,20H,5,10-14H2,1-4H3. The third-order valence-electron chi connectivity index (χ3n) is 4.67. The SMILES string of the molecule is Cc1ccc(S(=O)(=O)NC(CC(C)C)C(=O)N2CCCN(C)CC2)cc1. The van der Waals surface area contributed by atoms with E-state index in [1.165, 1.54) is 0 Å². The fourth-order valence-electron chi connectivity index (χ4n) is 3.13. The first-order valence-corrected chi connectivity index (χ1v) is 10.7. The maximum Gasteiger partial charge on any atom is 0.241 e. The van der Waals surface area contributed by atoms with Crippen LogP contribution in [-0.2, 0) is 14.8 Å². The van der Waals surface area contributed by atoms with E-state index in [9.17, 15) is 13.2 Å². The van der Waals surface area contributed by atoms with Gasteiger partial charge in [0.25, 0.3) is 0 Å². The van der Waals surface area contributed by atoms with E-state index in [0.29, 0.717) is 19.5 Å². The van der Waals surface area contributed by atoms with Crippen LogP contribution in [0.25, 0.3) is 0 Å². The maximum atomic E-state index is 13.0. The lowest BCUT2D eigenvalue weighted by Crippen LogP contribution is -2.50. The third-order valence-corrected chi connectivity index (χ3v) is 6.15. The molecule has 1 N–H and O–H groups in total. The van der Waals surface area contributed by atoms with Crippen LogP contribution < -0.4 is 4.72 Å². The summed E-state index contributed by atoms with van der Waals surface area (Å²) in [7, 11) is -1.69. The van der Waals surface area contributed by atoms with Gasteiger partial charge in [0.1, 0.15) is 6.04 Å². The molecule has 1 aromatic carbocycles. The van der Waals surface area contributed by atoms with E-state index in [0.717, 1.165) is 25.1 Å². The fraction of sp³-hybridized carbons (Fsp3) is 0.632. The van der Waals surface area contributed by atoms with Gasteiger partial charge in [0.2, 0.25) is 15.9 Å². The van der Waals surface area contributed by atoms with Crippen LogP contribution in [-0.4, -0.2) is 63.4 Å². The van der Waals surface area contributed by atoms with Crippen LogP contribution in [0.3, 0.4) is 0 Å². The molecule has 1 heterocycles. The number of hydrogen-bond donors (Lipinski definition) is 1. The Labute approximate surface area is 157 Å².